The summed E-state index contributed by atoms with van der Waals surface area (Å²) in [7, 11) is -3.83. The van der Waals surface area contributed by atoms with E-state index in [-0.39, 0.29) is 36.9 Å². The second-order valence-corrected chi connectivity index (χ2v) is 10.3. The molecule has 0 atom stereocenters. The van der Waals surface area contributed by atoms with Gasteiger partial charge >= 0.3 is 0 Å². The maximum Gasteiger partial charge on any atom is 0.254 e. The molecule has 0 radical (unpaired) electrons. The molecular formula is C24H29FN2O6S. The van der Waals surface area contributed by atoms with Gasteiger partial charge in [0.1, 0.15) is 5.82 Å². The zero-order chi connectivity index (χ0) is 24.3. The summed E-state index contributed by atoms with van der Waals surface area (Å²) in [6.45, 7) is 5.45. The van der Waals surface area contributed by atoms with Gasteiger partial charge in [-0.1, -0.05) is 19.9 Å². The smallest absolute Gasteiger partial charge is 0.254 e. The Hall–Kier alpha value is -2.69. The van der Waals surface area contributed by atoms with E-state index in [1.54, 1.807) is 13.8 Å². The van der Waals surface area contributed by atoms with Crippen molar-refractivity contribution < 1.29 is 31.8 Å². The van der Waals surface area contributed by atoms with Crippen molar-refractivity contribution in [2.45, 2.75) is 37.0 Å². The fraction of sp³-hybridized carbons (Fsp3) is 0.458. The highest BCUT2D eigenvalue weighted by molar-refractivity contribution is 7.89. The molecule has 0 saturated carbocycles. The molecule has 2 aromatic rings. The molecule has 1 N–H and O–H groups in total. The maximum absolute atomic E-state index is 14.6. The van der Waals surface area contributed by atoms with Gasteiger partial charge in [-0.15, -0.1) is 0 Å². The van der Waals surface area contributed by atoms with Crippen LogP contribution < -0.4 is 14.8 Å². The standard InChI is InChI=1S/C24H29FN2O6S/c1-3-27(4-2)34(29,30)18-6-7-20(25)19(14-18)23(28)26-15-24(9-11-31-12-10-24)17-5-8-21-22(13-17)33-16-32-21/h5-8,13-14H,3-4,9-12,15-16H2,1-2H3,(H,26,28). The summed E-state index contributed by atoms with van der Waals surface area (Å²) in [4.78, 5) is 12.9. The molecule has 2 aliphatic rings. The zero-order valence-corrected chi connectivity index (χ0v) is 20.1. The Kier molecular flexibility index (Phi) is 7.11. The summed E-state index contributed by atoms with van der Waals surface area (Å²) in [5.41, 5.74) is 0.232. The molecule has 34 heavy (non-hydrogen) atoms. The molecule has 0 spiro atoms. The first-order valence-electron chi connectivity index (χ1n) is 11.4. The number of carbonyl (C=O) groups is 1. The van der Waals surface area contributed by atoms with Gasteiger partial charge in [0.15, 0.2) is 11.5 Å². The van der Waals surface area contributed by atoms with Crippen molar-refractivity contribution in [2.24, 2.45) is 0 Å². The number of sulfonamides is 1. The minimum atomic E-state index is -3.83. The van der Waals surface area contributed by atoms with Gasteiger partial charge in [0.25, 0.3) is 5.91 Å². The number of halogens is 1. The number of ether oxygens (including phenoxy) is 3. The predicted octanol–water partition coefficient (Wildman–Crippen LogP) is 3.06. The first kappa shape index (κ1) is 24.4. The molecule has 0 aliphatic carbocycles. The summed E-state index contributed by atoms with van der Waals surface area (Å²) < 4.78 is 58.0. The molecule has 0 aromatic heterocycles. The summed E-state index contributed by atoms with van der Waals surface area (Å²) in [6.07, 6.45) is 1.32. The minimum Gasteiger partial charge on any atom is -0.454 e. The van der Waals surface area contributed by atoms with Crippen LogP contribution in [0.2, 0.25) is 0 Å². The first-order chi connectivity index (χ1) is 16.3. The summed E-state index contributed by atoms with van der Waals surface area (Å²) >= 11 is 0. The van der Waals surface area contributed by atoms with E-state index in [1.807, 2.05) is 18.2 Å². The molecule has 10 heteroatoms. The number of hydrogen-bond donors (Lipinski definition) is 1. The van der Waals surface area contributed by atoms with E-state index in [9.17, 15) is 17.6 Å². The number of nitrogens with zero attached hydrogens (tertiary/aromatic N) is 1. The van der Waals surface area contributed by atoms with Gasteiger partial charge < -0.3 is 19.5 Å². The summed E-state index contributed by atoms with van der Waals surface area (Å²) in [5.74, 6) is -0.126. The molecule has 8 nitrogen and oxygen atoms in total. The Labute approximate surface area is 199 Å². The quantitative estimate of drug-likeness (QED) is 0.609. The van der Waals surface area contributed by atoms with Crippen LogP contribution in [-0.4, -0.2) is 58.3 Å². The fourth-order valence-corrected chi connectivity index (χ4v) is 5.94. The number of benzene rings is 2. The van der Waals surface area contributed by atoms with E-state index in [0.29, 0.717) is 37.6 Å². The van der Waals surface area contributed by atoms with E-state index >= 15 is 0 Å². The van der Waals surface area contributed by atoms with E-state index < -0.39 is 27.2 Å². The Morgan fingerprint density at radius 1 is 1.06 bits per heavy atom. The lowest BCUT2D eigenvalue weighted by molar-refractivity contribution is 0.0486. The third kappa shape index (κ3) is 4.62. The van der Waals surface area contributed by atoms with Crippen LogP contribution in [0.15, 0.2) is 41.3 Å². The van der Waals surface area contributed by atoms with E-state index in [4.69, 9.17) is 14.2 Å². The van der Waals surface area contributed by atoms with Gasteiger partial charge in [0.2, 0.25) is 16.8 Å². The van der Waals surface area contributed by atoms with Crippen molar-refractivity contribution in [1.82, 2.24) is 9.62 Å². The normalized spacial score (nSPS) is 17.1. The zero-order valence-electron chi connectivity index (χ0n) is 19.3. The average Bonchev–Trinajstić information content (AvgIpc) is 3.32. The third-order valence-electron chi connectivity index (χ3n) is 6.55. The molecule has 1 amide bonds. The lowest BCUT2D eigenvalue weighted by Crippen LogP contribution is -2.44. The second kappa shape index (κ2) is 9.89. The SMILES string of the molecule is CCN(CC)S(=O)(=O)c1ccc(F)c(C(=O)NCC2(c3ccc4c(c3)OCO4)CCOCC2)c1. The number of amides is 1. The highest BCUT2D eigenvalue weighted by Gasteiger charge is 2.36. The Balaban J connectivity index is 1.58. The van der Waals surface area contributed by atoms with Crippen molar-refractivity contribution in [2.75, 3.05) is 39.6 Å². The van der Waals surface area contributed by atoms with Crippen molar-refractivity contribution in [3.63, 3.8) is 0 Å². The first-order valence-corrected chi connectivity index (χ1v) is 12.8. The van der Waals surface area contributed by atoms with Crippen LogP contribution in [0.5, 0.6) is 11.5 Å². The monoisotopic (exact) mass is 492 g/mol. The molecule has 0 bridgehead atoms. The van der Waals surface area contributed by atoms with Gasteiger partial charge in [-0.05, 0) is 48.7 Å². The van der Waals surface area contributed by atoms with Crippen LogP contribution in [-0.2, 0) is 20.2 Å². The minimum absolute atomic E-state index is 0.112. The number of hydrogen-bond acceptors (Lipinski definition) is 6. The largest absolute Gasteiger partial charge is 0.454 e. The van der Waals surface area contributed by atoms with Crippen molar-refractivity contribution >= 4 is 15.9 Å². The Bertz CT molecular complexity index is 1160. The van der Waals surface area contributed by atoms with Crippen LogP contribution in [0.1, 0.15) is 42.6 Å². The van der Waals surface area contributed by atoms with E-state index in [2.05, 4.69) is 5.32 Å². The molecular weight excluding hydrogens is 463 g/mol. The highest BCUT2D eigenvalue weighted by atomic mass is 32.2. The van der Waals surface area contributed by atoms with Crippen LogP contribution in [0.25, 0.3) is 0 Å². The van der Waals surface area contributed by atoms with Gasteiger partial charge in [0.05, 0.1) is 10.5 Å². The van der Waals surface area contributed by atoms with Crippen molar-refractivity contribution in [1.29, 1.82) is 0 Å². The summed E-state index contributed by atoms with van der Waals surface area (Å²) in [5, 5.41) is 2.84. The molecule has 4 rings (SSSR count). The molecule has 2 aromatic carbocycles. The van der Waals surface area contributed by atoms with E-state index in [1.165, 1.54) is 10.4 Å². The Morgan fingerprint density at radius 3 is 2.47 bits per heavy atom. The molecule has 2 heterocycles. The Morgan fingerprint density at radius 2 is 1.76 bits per heavy atom. The summed E-state index contributed by atoms with van der Waals surface area (Å²) in [6, 6.07) is 9.02. The number of nitrogens with one attached hydrogen (secondary N) is 1. The second-order valence-electron chi connectivity index (χ2n) is 8.37. The van der Waals surface area contributed by atoms with E-state index in [0.717, 1.165) is 17.7 Å². The van der Waals surface area contributed by atoms with Gasteiger partial charge in [-0.3, -0.25) is 4.79 Å². The number of fused-ring (bicyclic) bond motifs is 1. The van der Waals surface area contributed by atoms with Gasteiger partial charge in [-0.2, -0.15) is 4.31 Å². The van der Waals surface area contributed by atoms with Crippen LogP contribution in [0.3, 0.4) is 0 Å². The molecule has 184 valence electrons. The molecule has 2 aliphatic heterocycles. The number of carbonyl (C=O) groups excluding carboxylic acids is 1. The fourth-order valence-electron chi connectivity index (χ4n) is 4.45. The molecule has 1 fully saturated rings. The van der Waals surface area contributed by atoms with Crippen LogP contribution >= 0.6 is 0 Å². The molecule has 0 unspecified atom stereocenters. The third-order valence-corrected chi connectivity index (χ3v) is 8.59. The highest BCUT2D eigenvalue weighted by Crippen LogP contribution is 2.40. The van der Waals surface area contributed by atoms with Crippen LogP contribution in [0, 0.1) is 5.82 Å². The lowest BCUT2D eigenvalue weighted by Gasteiger charge is -2.38. The topological polar surface area (TPSA) is 94.2 Å². The van der Waals surface area contributed by atoms with Crippen molar-refractivity contribution in [3.8, 4) is 11.5 Å². The van der Waals surface area contributed by atoms with Crippen molar-refractivity contribution in [3.05, 3.63) is 53.3 Å². The number of rotatable bonds is 8. The predicted molar refractivity (Wildman–Crippen MR) is 123 cm³/mol. The maximum atomic E-state index is 14.6. The average molecular weight is 493 g/mol. The lowest BCUT2D eigenvalue weighted by atomic mass is 9.74. The van der Waals surface area contributed by atoms with Crippen LogP contribution in [0.4, 0.5) is 4.39 Å². The van der Waals surface area contributed by atoms with Gasteiger partial charge in [0, 0.05) is 38.3 Å². The van der Waals surface area contributed by atoms with Gasteiger partial charge in [-0.25, -0.2) is 12.8 Å². The molecule has 1 saturated heterocycles.